The summed E-state index contributed by atoms with van der Waals surface area (Å²) in [5, 5.41) is 2.65. The number of carbonyl (C=O) groups excluding carboxylic acids is 1. The van der Waals surface area contributed by atoms with E-state index in [0.717, 1.165) is 40.6 Å². The van der Waals surface area contributed by atoms with Crippen LogP contribution in [0.3, 0.4) is 0 Å². The first-order valence-corrected chi connectivity index (χ1v) is 10.8. The van der Waals surface area contributed by atoms with Crippen molar-refractivity contribution in [3.05, 3.63) is 69.0 Å². The van der Waals surface area contributed by atoms with Gasteiger partial charge in [0.05, 0.1) is 4.91 Å². The predicted molar refractivity (Wildman–Crippen MR) is 120 cm³/mol. The van der Waals surface area contributed by atoms with Crippen molar-refractivity contribution in [1.29, 1.82) is 0 Å². The number of ether oxygens (including phenoxy) is 1. The molecule has 0 bridgehead atoms. The molecule has 1 saturated heterocycles. The first kappa shape index (κ1) is 20.1. The Hall–Kier alpha value is -1.63. The largest absolute Gasteiger partial charge is 0.485 e. The molecule has 3 rings (SSSR count). The van der Waals surface area contributed by atoms with Crippen molar-refractivity contribution in [1.82, 2.24) is 5.32 Å². The van der Waals surface area contributed by atoms with E-state index in [4.69, 9.17) is 17.0 Å². The van der Waals surface area contributed by atoms with Crippen molar-refractivity contribution < 1.29 is 9.53 Å². The zero-order valence-electron chi connectivity index (χ0n) is 14.9. The summed E-state index contributed by atoms with van der Waals surface area (Å²) in [4.78, 5) is 12.6. The van der Waals surface area contributed by atoms with E-state index in [2.05, 4.69) is 40.3 Å². The number of thiocarbonyl (C=S) groups is 1. The van der Waals surface area contributed by atoms with Crippen molar-refractivity contribution in [2.75, 3.05) is 0 Å². The van der Waals surface area contributed by atoms with Gasteiger partial charge in [0, 0.05) is 10.0 Å². The fraction of sp³-hybridized carbons (Fsp3) is 0.238. The zero-order valence-corrected chi connectivity index (χ0v) is 18.1. The third-order valence-corrected chi connectivity index (χ3v) is 5.82. The number of thioether (sulfide) groups is 1. The Morgan fingerprint density at radius 2 is 2.04 bits per heavy atom. The highest BCUT2D eigenvalue weighted by atomic mass is 79.9. The van der Waals surface area contributed by atoms with E-state index in [0.29, 0.717) is 9.23 Å². The average molecular weight is 462 g/mol. The van der Waals surface area contributed by atoms with E-state index in [9.17, 15) is 4.79 Å². The lowest BCUT2D eigenvalue weighted by Crippen LogP contribution is -2.17. The fourth-order valence-corrected chi connectivity index (χ4v) is 4.22. The summed E-state index contributed by atoms with van der Waals surface area (Å²) < 4.78 is 7.83. The van der Waals surface area contributed by atoms with Crippen LogP contribution in [-0.4, -0.2) is 10.2 Å². The molecule has 0 aromatic heterocycles. The summed E-state index contributed by atoms with van der Waals surface area (Å²) in [5.41, 5.74) is 2.01. The van der Waals surface area contributed by atoms with Crippen molar-refractivity contribution in [3.63, 3.8) is 0 Å². The van der Waals surface area contributed by atoms with Crippen LogP contribution in [0.25, 0.3) is 6.08 Å². The Morgan fingerprint density at radius 1 is 1.26 bits per heavy atom. The molecule has 3 nitrogen and oxygen atoms in total. The van der Waals surface area contributed by atoms with Gasteiger partial charge >= 0.3 is 0 Å². The molecule has 2 aromatic carbocycles. The number of carbonyl (C=O) groups is 1. The van der Waals surface area contributed by atoms with Crippen molar-refractivity contribution in [2.24, 2.45) is 0 Å². The van der Waals surface area contributed by atoms with E-state index in [1.54, 1.807) is 0 Å². The number of unbranched alkanes of at least 4 members (excludes halogenated alkanes) is 1. The van der Waals surface area contributed by atoms with Crippen LogP contribution >= 0.6 is 39.9 Å². The van der Waals surface area contributed by atoms with Gasteiger partial charge < -0.3 is 10.1 Å². The highest BCUT2D eigenvalue weighted by Gasteiger charge is 2.23. The molecular formula is C21H20BrNO2S2. The molecule has 1 aliphatic heterocycles. The van der Waals surface area contributed by atoms with Gasteiger partial charge in [-0.25, -0.2) is 0 Å². The van der Waals surface area contributed by atoms with E-state index < -0.39 is 0 Å². The van der Waals surface area contributed by atoms with E-state index in [-0.39, 0.29) is 12.0 Å². The first-order valence-electron chi connectivity index (χ1n) is 8.83. The number of halogens is 1. The van der Waals surface area contributed by atoms with Crippen LogP contribution < -0.4 is 10.1 Å². The van der Waals surface area contributed by atoms with Gasteiger partial charge in [0.1, 0.15) is 16.2 Å². The maximum atomic E-state index is 12.0. The van der Waals surface area contributed by atoms with E-state index in [1.165, 1.54) is 11.8 Å². The number of benzene rings is 2. The lowest BCUT2D eigenvalue weighted by atomic mass is 10.0. The monoisotopic (exact) mass is 461 g/mol. The molecule has 0 saturated carbocycles. The van der Waals surface area contributed by atoms with Gasteiger partial charge in [-0.05, 0) is 42.7 Å². The fourth-order valence-electron chi connectivity index (χ4n) is 2.81. The van der Waals surface area contributed by atoms with Crippen LogP contribution in [0.15, 0.2) is 57.9 Å². The van der Waals surface area contributed by atoms with Crippen LogP contribution in [0.4, 0.5) is 0 Å². The van der Waals surface area contributed by atoms with Gasteiger partial charge in [0.15, 0.2) is 0 Å². The molecule has 140 valence electrons. The lowest BCUT2D eigenvalue weighted by molar-refractivity contribution is -0.115. The molecule has 2 aromatic rings. The summed E-state index contributed by atoms with van der Waals surface area (Å²) in [6.45, 7) is 2.18. The van der Waals surface area contributed by atoms with E-state index >= 15 is 0 Å². The Bertz CT molecular complexity index is 868. The standard InChI is InChI=1S/C21H20BrNO2S2/c1-2-3-9-17(14-7-5-4-6-8-14)25-18-11-10-16(22)12-15(18)13-19-20(24)23-21(26)27-19/h4-8,10-13,17H,2-3,9H2,1H3,(H,23,24,26). The van der Waals surface area contributed by atoms with E-state index in [1.807, 2.05) is 42.5 Å². The summed E-state index contributed by atoms with van der Waals surface area (Å²) in [6.07, 6.45) is 4.93. The maximum absolute atomic E-state index is 12.0. The van der Waals surface area contributed by atoms with Crippen LogP contribution in [0, 0.1) is 0 Å². The summed E-state index contributed by atoms with van der Waals surface area (Å²) >= 11 is 9.86. The summed E-state index contributed by atoms with van der Waals surface area (Å²) in [6, 6.07) is 16.1. The zero-order chi connectivity index (χ0) is 19.2. The number of amides is 1. The Labute approximate surface area is 177 Å². The van der Waals surface area contributed by atoms with Gasteiger partial charge in [-0.1, -0.05) is 83.6 Å². The molecule has 1 amide bonds. The van der Waals surface area contributed by atoms with Crippen LogP contribution in [0.1, 0.15) is 43.4 Å². The molecule has 1 atom stereocenters. The number of nitrogens with one attached hydrogen (secondary N) is 1. The smallest absolute Gasteiger partial charge is 0.263 e. The van der Waals surface area contributed by atoms with Gasteiger partial charge in [-0.3, -0.25) is 4.79 Å². The molecular weight excluding hydrogens is 442 g/mol. The SMILES string of the molecule is CCCCC(Oc1ccc(Br)cc1C=C1SC(=S)NC1=O)c1ccccc1. The molecule has 0 spiro atoms. The molecule has 6 heteroatoms. The summed E-state index contributed by atoms with van der Waals surface area (Å²) in [5.74, 6) is 0.586. The molecule has 1 aliphatic rings. The second kappa shape index (κ2) is 9.53. The quantitative estimate of drug-likeness (QED) is 0.390. The Morgan fingerprint density at radius 3 is 2.70 bits per heavy atom. The number of rotatable bonds is 7. The highest BCUT2D eigenvalue weighted by molar-refractivity contribution is 9.10. The van der Waals surface area contributed by atoms with Crippen LogP contribution in [-0.2, 0) is 4.79 Å². The second-order valence-electron chi connectivity index (χ2n) is 6.19. The Kier molecular flexibility index (Phi) is 7.10. The third-order valence-electron chi connectivity index (χ3n) is 4.16. The number of hydrogen-bond acceptors (Lipinski definition) is 4. The van der Waals surface area contributed by atoms with Crippen molar-refractivity contribution in [2.45, 2.75) is 32.3 Å². The second-order valence-corrected chi connectivity index (χ2v) is 8.83. The molecule has 0 radical (unpaired) electrons. The molecule has 1 fully saturated rings. The summed E-state index contributed by atoms with van der Waals surface area (Å²) in [7, 11) is 0. The van der Waals surface area contributed by atoms with Crippen LogP contribution in [0.2, 0.25) is 0 Å². The van der Waals surface area contributed by atoms with Gasteiger partial charge in [-0.15, -0.1) is 0 Å². The molecule has 1 heterocycles. The minimum absolute atomic E-state index is 0.0318. The molecule has 0 aliphatic carbocycles. The first-order chi connectivity index (χ1) is 13.1. The highest BCUT2D eigenvalue weighted by Crippen LogP contribution is 2.34. The maximum Gasteiger partial charge on any atom is 0.263 e. The normalized spacial score (nSPS) is 16.4. The molecule has 27 heavy (non-hydrogen) atoms. The average Bonchev–Trinajstić information content (AvgIpc) is 2.98. The molecule has 1 unspecified atom stereocenters. The minimum atomic E-state index is -0.165. The molecule has 1 N–H and O–H groups in total. The lowest BCUT2D eigenvalue weighted by Gasteiger charge is -2.21. The van der Waals surface area contributed by atoms with Crippen LogP contribution in [0.5, 0.6) is 5.75 Å². The van der Waals surface area contributed by atoms with Crippen molar-refractivity contribution >= 4 is 56.2 Å². The van der Waals surface area contributed by atoms with Gasteiger partial charge in [0.2, 0.25) is 0 Å². The van der Waals surface area contributed by atoms with Gasteiger partial charge in [0.25, 0.3) is 5.91 Å². The van der Waals surface area contributed by atoms with Gasteiger partial charge in [-0.2, -0.15) is 0 Å². The Balaban J connectivity index is 1.92. The third kappa shape index (κ3) is 5.43. The van der Waals surface area contributed by atoms with Crippen molar-refractivity contribution in [3.8, 4) is 5.75 Å². The minimum Gasteiger partial charge on any atom is -0.485 e. The topological polar surface area (TPSA) is 38.3 Å². The number of hydrogen-bond donors (Lipinski definition) is 1. The predicted octanol–water partition coefficient (Wildman–Crippen LogP) is 6.25.